The van der Waals surface area contributed by atoms with Gasteiger partial charge in [-0.25, -0.2) is 4.79 Å². The van der Waals surface area contributed by atoms with Crippen molar-refractivity contribution in [3.8, 4) is 0 Å². The molecule has 5 nitrogen and oxygen atoms in total. The number of carbonyl (C=O) groups excluding carboxylic acids is 2. The predicted molar refractivity (Wildman–Crippen MR) is 76.7 cm³/mol. The van der Waals surface area contributed by atoms with Gasteiger partial charge < -0.3 is 15.0 Å². The summed E-state index contributed by atoms with van der Waals surface area (Å²) in [4.78, 5) is 25.8. The van der Waals surface area contributed by atoms with Gasteiger partial charge in [-0.1, -0.05) is 32.0 Å². The highest BCUT2D eigenvalue weighted by Crippen LogP contribution is 2.28. The first kappa shape index (κ1) is 14.4. The zero-order chi connectivity index (χ0) is 14.7. The number of nitrogens with zero attached hydrogens (tertiary/aromatic N) is 1. The van der Waals surface area contributed by atoms with E-state index in [0.29, 0.717) is 6.54 Å². The molecule has 1 aliphatic rings. The highest BCUT2D eigenvalue weighted by Gasteiger charge is 2.32. The van der Waals surface area contributed by atoms with Crippen molar-refractivity contribution in [1.29, 1.82) is 0 Å². The van der Waals surface area contributed by atoms with Gasteiger partial charge in [0.25, 0.3) is 0 Å². The maximum absolute atomic E-state index is 12.7. The summed E-state index contributed by atoms with van der Waals surface area (Å²) in [6.45, 7) is 4.46. The van der Waals surface area contributed by atoms with Gasteiger partial charge in [0.15, 0.2) is 0 Å². The molecule has 1 heterocycles. The number of rotatable bonds is 3. The number of alkyl carbamates (subject to hydrolysis) is 1. The Balaban J connectivity index is 2.19. The Labute approximate surface area is 118 Å². The zero-order valence-electron chi connectivity index (χ0n) is 12.1. The molecule has 108 valence electrons. The summed E-state index contributed by atoms with van der Waals surface area (Å²) in [7, 11) is 1.29. The number of ether oxygens (including phenoxy) is 1. The van der Waals surface area contributed by atoms with E-state index in [2.05, 4.69) is 10.1 Å². The number of carbonyl (C=O) groups is 2. The van der Waals surface area contributed by atoms with E-state index in [9.17, 15) is 9.59 Å². The minimum absolute atomic E-state index is 0.00522. The van der Waals surface area contributed by atoms with Crippen molar-refractivity contribution in [2.24, 2.45) is 5.92 Å². The van der Waals surface area contributed by atoms with Gasteiger partial charge in [0.05, 0.1) is 7.11 Å². The van der Waals surface area contributed by atoms with Crippen molar-refractivity contribution in [1.82, 2.24) is 5.32 Å². The summed E-state index contributed by atoms with van der Waals surface area (Å²) < 4.78 is 4.59. The molecule has 1 aliphatic heterocycles. The molecular weight excluding hydrogens is 256 g/mol. The van der Waals surface area contributed by atoms with E-state index in [-0.39, 0.29) is 11.8 Å². The Hall–Kier alpha value is -2.04. The number of methoxy groups -OCH3 is 1. The minimum atomic E-state index is -0.579. The van der Waals surface area contributed by atoms with Crippen LogP contribution in [-0.4, -0.2) is 31.7 Å². The number of benzene rings is 1. The lowest BCUT2D eigenvalue weighted by molar-refractivity contribution is -0.121. The Bertz CT molecular complexity index is 514. The number of hydrogen-bond acceptors (Lipinski definition) is 3. The average Bonchev–Trinajstić information content (AvgIpc) is 2.87. The van der Waals surface area contributed by atoms with Gasteiger partial charge in [0.2, 0.25) is 5.91 Å². The van der Waals surface area contributed by atoms with Crippen LogP contribution in [0.2, 0.25) is 0 Å². The van der Waals surface area contributed by atoms with E-state index in [0.717, 1.165) is 12.1 Å². The second-order valence-electron chi connectivity index (χ2n) is 5.23. The van der Waals surface area contributed by atoms with E-state index in [1.165, 1.54) is 12.7 Å². The van der Waals surface area contributed by atoms with Crippen LogP contribution in [0.3, 0.4) is 0 Å². The molecule has 0 saturated carbocycles. The standard InChI is InChI=1S/C15H20N2O3/c1-10(2)13(16-15(19)20-3)14(18)17-9-8-11-6-4-5-7-12(11)17/h4-7,10,13H,8-9H2,1-3H3,(H,16,19)/t13-/m1/s1. The largest absolute Gasteiger partial charge is 0.453 e. The van der Waals surface area contributed by atoms with Gasteiger partial charge >= 0.3 is 6.09 Å². The molecule has 0 aliphatic carbocycles. The first-order valence-corrected chi connectivity index (χ1v) is 6.78. The van der Waals surface area contributed by atoms with Crippen LogP contribution in [0.25, 0.3) is 0 Å². The number of anilines is 1. The number of fused-ring (bicyclic) bond motifs is 1. The van der Waals surface area contributed by atoms with Crippen molar-refractivity contribution in [3.63, 3.8) is 0 Å². The molecule has 1 atom stereocenters. The van der Waals surface area contributed by atoms with Crippen LogP contribution < -0.4 is 10.2 Å². The molecule has 1 aromatic carbocycles. The Kier molecular flexibility index (Phi) is 4.27. The third-order valence-electron chi connectivity index (χ3n) is 3.54. The second-order valence-corrected chi connectivity index (χ2v) is 5.23. The van der Waals surface area contributed by atoms with Crippen LogP contribution >= 0.6 is 0 Å². The fourth-order valence-electron chi connectivity index (χ4n) is 2.43. The summed E-state index contributed by atoms with van der Waals surface area (Å²) in [6.07, 6.45) is 0.273. The lowest BCUT2D eigenvalue weighted by Gasteiger charge is -2.26. The van der Waals surface area contributed by atoms with Gasteiger partial charge in [0, 0.05) is 12.2 Å². The molecule has 1 aromatic rings. The first-order valence-electron chi connectivity index (χ1n) is 6.78. The van der Waals surface area contributed by atoms with Crippen molar-refractivity contribution in [2.75, 3.05) is 18.6 Å². The third-order valence-corrected chi connectivity index (χ3v) is 3.54. The van der Waals surface area contributed by atoms with Crippen molar-refractivity contribution in [2.45, 2.75) is 26.3 Å². The van der Waals surface area contributed by atoms with Crippen molar-refractivity contribution in [3.05, 3.63) is 29.8 Å². The summed E-state index contributed by atoms with van der Waals surface area (Å²) in [5, 5.41) is 2.62. The molecule has 0 bridgehead atoms. The molecule has 0 saturated heterocycles. The van der Waals surface area contributed by atoms with Gasteiger partial charge in [-0.15, -0.1) is 0 Å². The number of amides is 2. The molecule has 0 radical (unpaired) electrons. The number of hydrogen-bond donors (Lipinski definition) is 1. The molecule has 20 heavy (non-hydrogen) atoms. The van der Waals surface area contributed by atoms with Crippen molar-refractivity contribution < 1.29 is 14.3 Å². The molecule has 1 N–H and O–H groups in total. The number of para-hydroxylation sites is 1. The SMILES string of the molecule is COC(=O)N[C@@H](C(=O)N1CCc2ccccc21)C(C)C. The highest BCUT2D eigenvalue weighted by molar-refractivity contribution is 6.00. The van der Waals surface area contributed by atoms with Crippen LogP contribution in [-0.2, 0) is 16.0 Å². The minimum Gasteiger partial charge on any atom is -0.453 e. The predicted octanol–water partition coefficient (Wildman–Crippen LogP) is 1.96. The fourth-order valence-corrected chi connectivity index (χ4v) is 2.43. The normalized spacial score (nSPS) is 14.9. The Morgan fingerprint density at radius 3 is 2.65 bits per heavy atom. The average molecular weight is 276 g/mol. The lowest BCUT2D eigenvalue weighted by atomic mass is 10.0. The molecule has 2 amide bonds. The maximum atomic E-state index is 12.7. The van der Waals surface area contributed by atoms with Gasteiger partial charge in [-0.3, -0.25) is 4.79 Å². The lowest BCUT2D eigenvalue weighted by Crippen LogP contribution is -2.51. The van der Waals surface area contributed by atoms with Crippen LogP contribution in [0.5, 0.6) is 0 Å². The monoisotopic (exact) mass is 276 g/mol. The molecular formula is C15H20N2O3. The first-order chi connectivity index (χ1) is 9.54. The number of nitrogens with one attached hydrogen (secondary N) is 1. The summed E-state index contributed by atoms with van der Waals surface area (Å²) in [5.74, 6) is -0.0929. The van der Waals surface area contributed by atoms with Crippen LogP contribution in [0, 0.1) is 5.92 Å². The molecule has 0 aromatic heterocycles. The van der Waals surface area contributed by atoms with Gasteiger partial charge in [-0.05, 0) is 24.0 Å². The highest BCUT2D eigenvalue weighted by atomic mass is 16.5. The van der Waals surface area contributed by atoms with E-state index >= 15 is 0 Å². The topological polar surface area (TPSA) is 58.6 Å². The summed E-state index contributed by atoms with van der Waals surface area (Å²) in [5.41, 5.74) is 2.11. The van der Waals surface area contributed by atoms with Gasteiger partial charge in [-0.2, -0.15) is 0 Å². The van der Waals surface area contributed by atoms with Crippen LogP contribution in [0.4, 0.5) is 10.5 Å². The molecule has 0 spiro atoms. The van der Waals surface area contributed by atoms with Gasteiger partial charge in [0.1, 0.15) is 6.04 Å². The Morgan fingerprint density at radius 2 is 2.00 bits per heavy atom. The second kappa shape index (κ2) is 5.94. The van der Waals surface area contributed by atoms with E-state index in [1.807, 2.05) is 38.1 Å². The third kappa shape index (κ3) is 2.76. The molecule has 0 unspecified atom stereocenters. The molecule has 0 fully saturated rings. The van der Waals surface area contributed by atoms with Crippen LogP contribution in [0.15, 0.2) is 24.3 Å². The zero-order valence-corrected chi connectivity index (χ0v) is 12.1. The van der Waals surface area contributed by atoms with E-state index < -0.39 is 12.1 Å². The van der Waals surface area contributed by atoms with Crippen molar-refractivity contribution >= 4 is 17.7 Å². The smallest absolute Gasteiger partial charge is 0.407 e. The van der Waals surface area contributed by atoms with E-state index in [1.54, 1.807) is 4.90 Å². The molecule has 2 rings (SSSR count). The fraction of sp³-hybridized carbons (Fsp3) is 0.467. The quantitative estimate of drug-likeness (QED) is 0.918. The summed E-state index contributed by atoms with van der Waals surface area (Å²) >= 11 is 0. The van der Waals surface area contributed by atoms with Crippen LogP contribution in [0.1, 0.15) is 19.4 Å². The molecule has 5 heteroatoms. The van der Waals surface area contributed by atoms with E-state index in [4.69, 9.17) is 0 Å². The Morgan fingerprint density at radius 1 is 1.30 bits per heavy atom. The summed E-state index contributed by atoms with van der Waals surface area (Å²) in [6, 6.07) is 7.28. The maximum Gasteiger partial charge on any atom is 0.407 e.